The third kappa shape index (κ3) is 3.34. The van der Waals surface area contributed by atoms with E-state index in [4.69, 9.17) is 27.9 Å². The van der Waals surface area contributed by atoms with Crippen LogP contribution in [-0.2, 0) is 0 Å². The molecule has 0 heterocycles. The van der Waals surface area contributed by atoms with Gasteiger partial charge >= 0.3 is 0 Å². The SMILES string of the molecule is CCCOc1ccc(-c2cc(Cl)c(O)cc2Cl)cc1. The Bertz CT molecular complexity index is 565. The Morgan fingerprint density at radius 1 is 1.05 bits per heavy atom. The monoisotopic (exact) mass is 296 g/mol. The van der Waals surface area contributed by atoms with Crippen molar-refractivity contribution in [1.29, 1.82) is 0 Å². The number of rotatable bonds is 4. The van der Waals surface area contributed by atoms with Crippen molar-refractivity contribution in [2.45, 2.75) is 13.3 Å². The van der Waals surface area contributed by atoms with E-state index in [9.17, 15) is 5.11 Å². The highest BCUT2D eigenvalue weighted by Crippen LogP contribution is 2.36. The van der Waals surface area contributed by atoms with Crippen LogP contribution < -0.4 is 4.74 Å². The van der Waals surface area contributed by atoms with Crippen molar-refractivity contribution < 1.29 is 9.84 Å². The van der Waals surface area contributed by atoms with Crippen LogP contribution in [0.25, 0.3) is 11.1 Å². The van der Waals surface area contributed by atoms with Crippen molar-refractivity contribution in [1.82, 2.24) is 0 Å². The predicted octanol–water partition coefficient (Wildman–Crippen LogP) is 5.15. The summed E-state index contributed by atoms with van der Waals surface area (Å²) < 4.78 is 5.52. The average molecular weight is 297 g/mol. The lowest BCUT2D eigenvalue weighted by molar-refractivity contribution is 0.317. The highest BCUT2D eigenvalue weighted by molar-refractivity contribution is 6.36. The molecule has 0 amide bonds. The summed E-state index contributed by atoms with van der Waals surface area (Å²) in [6.07, 6.45) is 0.973. The van der Waals surface area contributed by atoms with Crippen LogP contribution in [0.15, 0.2) is 36.4 Å². The van der Waals surface area contributed by atoms with Crippen LogP contribution in [0.3, 0.4) is 0 Å². The number of hydrogen-bond donors (Lipinski definition) is 1. The quantitative estimate of drug-likeness (QED) is 0.845. The van der Waals surface area contributed by atoms with E-state index in [0.717, 1.165) is 23.3 Å². The lowest BCUT2D eigenvalue weighted by Crippen LogP contribution is -1.94. The average Bonchev–Trinajstić information content (AvgIpc) is 2.41. The molecule has 1 N–H and O–H groups in total. The highest BCUT2D eigenvalue weighted by Gasteiger charge is 2.08. The number of halogens is 2. The number of benzene rings is 2. The van der Waals surface area contributed by atoms with Crippen LogP contribution in [0.2, 0.25) is 10.0 Å². The van der Waals surface area contributed by atoms with Crippen molar-refractivity contribution >= 4 is 23.2 Å². The van der Waals surface area contributed by atoms with Gasteiger partial charge in [0.2, 0.25) is 0 Å². The fraction of sp³-hybridized carbons (Fsp3) is 0.200. The van der Waals surface area contributed by atoms with E-state index in [1.807, 2.05) is 24.3 Å². The van der Waals surface area contributed by atoms with Crippen LogP contribution in [0.5, 0.6) is 11.5 Å². The number of phenols is 1. The molecule has 2 nitrogen and oxygen atoms in total. The normalized spacial score (nSPS) is 10.5. The number of hydrogen-bond acceptors (Lipinski definition) is 2. The Morgan fingerprint density at radius 2 is 1.74 bits per heavy atom. The first kappa shape index (κ1) is 14.0. The van der Waals surface area contributed by atoms with Gasteiger partial charge in [0.25, 0.3) is 0 Å². The van der Waals surface area contributed by atoms with Gasteiger partial charge in [-0.05, 0) is 30.2 Å². The molecule has 0 atom stereocenters. The molecule has 2 aromatic rings. The number of ether oxygens (including phenoxy) is 1. The summed E-state index contributed by atoms with van der Waals surface area (Å²) in [5.41, 5.74) is 1.71. The summed E-state index contributed by atoms with van der Waals surface area (Å²) >= 11 is 12.0. The van der Waals surface area contributed by atoms with Gasteiger partial charge in [0.1, 0.15) is 11.5 Å². The Morgan fingerprint density at radius 3 is 2.37 bits per heavy atom. The van der Waals surface area contributed by atoms with Gasteiger partial charge in [0.15, 0.2) is 0 Å². The molecule has 0 radical (unpaired) electrons. The molecule has 0 saturated carbocycles. The zero-order valence-corrected chi connectivity index (χ0v) is 12.0. The molecule has 0 unspecified atom stereocenters. The van der Waals surface area contributed by atoms with Crippen molar-refractivity contribution in [3.8, 4) is 22.6 Å². The molecule has 2 aromatic carbocycles. The molecule has 0 bridgehead atoms. The van der Waals surface area contributed by atoms with Crippen LogP contribution in [0, 0.1) is 0 Å². The first-order valence-corrected chi connectivity index (χ1v) is 6.78. The molecule has 0 aliphatic heterocycles. The van der Waals surface area contributed by atoms with E-state index < -0.39 is 0 Å². The molecule has 0 aliphatic carbocycles. The van der Waals surface area contributed by atoms with Gasteiger partial charge in [0, 0.05) is 11.6 Å². The Hall–Kier alpha value is -1.38. The van der Waals surface area contributed by atoms with Gasteiger partial charge < -0.3 is 9.84 Å². The van der Waals surface area contributed by atoms with E-state index in [1.54, 1.807) is 6.07 Å². The maximum absolute atomic E-state index is 9.48. The fourth-order valence-corrected chi connectivity index (χ4v) is 2.14. The van der Waals surface area contributed by atoms with Crippen molar-refractivity contribution in [2.24, 2.45) is 0 Å². The first-order valence-electron chi connectivity index (χ1n) is 6.03. The standard InChI is InChI=1S/C15H14Cl2O2/c1-2-7-19-11-5-3-10(4-6-11)12-8-14(17)15(18)9-13(12)16/h3-6,8-9,18H,2,7H2,1H3. The molecule has 0 spiro atoms. The van der Waals surface area contributed by atoms with E-state index in [2.05, 4.69) is 6.92 Å². The van der Waals surface area contributed by atoms with Gasteiger partial charge in [-0.1, -0.05) is 42.3 Å². The second-order valence-electron chi connectivity index (χ2n) is 4.16. The fourth-order valence-electron chi connectivity index (χ4n) is 1.71. The Balaban J connectivity index is 2.29. The molecule has 0 fully saturated rings. The van der Waals surface area contributed by atoms with Gasteiger partial charge in [0.05, 0.1) is 16.7 Å². The Labute approximate surface area is 122 Å². The van der Waals surface area contributed by atoms with Gasteiger partial charge in [-0.25, -0.2) is 0 Å². The molecular weight excluding hydrogens is 283 g/mol. The smallest absolute Gasteiger partial charge is 0.135 e. The number of phenolic OH excluding ortho intramolecular Hbond substituents is 1. The van der Waals surface area contributed by atoms with Gasteiger partial charge in [-0.3, -0.25) is 0 Å². The molecule has 2 rings (SSSR count). The summed E-state index contributed by atoms with van der Waals surface area (Å²) in [5.74, 6) is 0.810. The molecular formula is C15H14Cl2O2. The van der Waals surface area contributed by atoms with Crippen molar-refractivity contribution in [3.05, 3.63) is 46.4 Å². The van der Waals surface area contributed by atoms with Crippen LogP contribution in [0.1, 0.15) is 13.3 Å². The second kappa shape index (κ2) is 6.18. The topological polar surface area (TPSA) is 29.5 Å². The highest BCUT2D eigenvalue weighted by atomic mass is 35.5. The van der Waals surface area contributed by atoms with E-state index in [0.29, 0.717) is 11.6 Å². The van der Waals surface area contributed by atoms with Crippen molar-refractivity contribution in [2.75, 3.05) is 6.61 Å². The van der Waals surface area contributed by atoms with Gasteiger partial charge in [-0.2, -0.15) is 0 Å². The molecule has 100 valence electrons. The summed E-state index contributed by atoms with van der Waals surface area (Å²) in [4.78, 5) is 0. The van der Waals surface area contributed by atoms with E-state index in [-0.39, 0.29) is 10.8 Å². The van der Waals surface area contributed by atoms with Gasteiger partial charge in [-0.15, -0.1) is 0 Å². The lowest BCUT2D eigenvalue weighted by Gasteiger charge is -2.09. The Kier molecular flexibility index (Phi) is 4.56. The molecule has 19 heavy (non-hydrogen) atoms. The maximum Gasteiger partial charge on any atom is 0.135 e. The number of aromatic hydroxyl groups is 1. The van der Waals surface area contributed by atoms with E-state index in [1.165, 1.54) is 6.07 Å². The summed E-state index contributed by atoms with van der Waals surface area (Å²) in [5, 5.41) is 10.2. The third-order valence-electron chi connectivity index (χ3n) is 2.67. The zero-order valence-electron chi connectivity index (χ0n) is 10.5. The lowest BCUT2D eigenvalue weighted by atomic mass is 10.1. The minimum Gasteiger partial charge on any atom is -0.506 e. The predicted molar refractivity (Wildman–Crippen MR) is 79.3 cm³/mol. The van der Waals surface area contributed by atoms with Crippen LogP contribution in [0.4, 0.5) is 0 Å². The van der Waals surface area contributed by atoms with E-state index >= 15 is 0 Å². The maximum atomic E-state index is 9.48. The first-order chi connectivity index (χ1) is 9.11. The summed E-state index contributed by atoms with van der Waals surface area (Å²) in [7, 11) is 0. The van der Waals surface area contributed by atoms with Crippen LogP contribution >= 0.6 is 23.2 Å². The largest absolute Gasteiger partial charge is 0.506 e. The third-order valence-corrected chi connectivity index (χ3v) is 3.29. The zero-order chi connectivity index (χ0) is 13.8. The minimum absolute atomic E-state index is 0.0154. The summed E-state index contributed by atoms with van der Waals surface area (Å²) in [6.45, 7) is 2.76. The molecule has 0 aliphatic rings. The molecule has 4 heteroatoms. The minimum atomic E-state index is -0.0154. The molecule has 0 saturated heterocycles. The second-order valence-corrected chi connectivity index (χ2v) is 4.97. The molecule has 0 aromatic heterocycles. The van der Waals surface area contributed by atoms with Crippen LogP contribution in [-0.4, -0.2) is 11.7 Å². The summed E-state index contributed by atoms with van der Waals surface area (Å²) in [6, 6.07) is 10.7. The van der Waals surface area contributed by atoms with Crippen molar-refractivity contribution in [3.63, 3.8) is 0 Å².